The van der Waals surface area contributed by atoms with E-state index in [1.54, 1.807) is 0 Å². The molecule has 3 heteroatoms. The van der Waals surface area contributed by atoms with Gasteiger partial charge in [0.1, 0.15) is 0 Å². The van der Waals surface area contributed by atoms with Gasteiger partial charge >= 0.3 is 0 Å². The molecule has 2 aromatic rings. The Kier molecular flexibility index (Phi) is 2.56. The van der Waals surface area contributed by atoms with E-state index >= 15 is 0 Å². The number of likely N-dealkylation sites (tertiary alicyclic amines) is 1. The van der Waals surface area contributed by atoms with Gasteiger partial charge in [-0.05, 0) is 50.2 Å². The smallest absolute Gasteiger partial charge is 0.0481 e. The summed E-state index contributed by atoms with van der Waals surface area (Å²) in [5, 5.41) is 1.25. The van der Waals surface area contributed by atoms with Gasteiger partial charge < -0.3 is 10.3 Å². The summed E-state index contributed by atoms with van der Waals surface area (Å²) < 4.78 is 2.28. The van der Waals surface area contributed by atoms with Crippen molar-refractivity contribution in [3.63, 3.8) is 0 Å². The zero-order valence-corrected chi connectivity index (χ0v) is 10.3. The summed E-state index contributed by atoms with van der Waals surface area (Å²) in [4.78, 5) is 2.53. The van der Waals surface area contributed by atoms with Crippen molar-refractivity contribution in [1.82, 2.24) is 9.47 Å². The maximum absolute atomic E-state index is 5.83. The lowest BCUT2D eigenvalue weighted by molar-refractivity contribution is 0.324. The van der Waals surface area contributed by atoms with Crippen molar-refractivity contribution in [3.8, 4) is 0 Å². The minimum Gasteiger partial charge on any atom is -0.399 e. The van der Waals surface area contributed by atoms with Gasteiger partial charge in [-0.15, -0.1) is 0 Å². The highest BCUT2D eigenvalue weighted by Crippen LogP contribution is 2.23. The van der Waals surface area contributed by atoms with Gasteiger partial charge in [-0.1, -0.05) is 0 Å². The zero-order chi connectivity index (χ0) is 11.8. The van der Waals surface area contributed by atoms with Crippen LogP contribution in [-0.2, 0) is 13.6 Å². The third kappa shape index (κ3) is 1.91. The number of aryl methyl sites for hydroxylation is 1. The molecule has 0 radical (unpaired) electrons. The van der Waals surface area contributed by atoms with Crippen LogP contribution in [0.5, 0.6) is 0 Å². The van der Waals surface area contributed by atoms with E-state index in [0.717, 1.165) is 12.2 Å². The van der Waals surface area contributed by atoms with Crippen molar-refractivity contribution in [1.29, 1.82) is 0 Å². The molecule has 1 aromatic carbocycles. The number of hydrogen-bond donors (Lipinski definition) is 1. The molecule has 3 nitrogen and oxygen atoms in total. The van der Waals surface area contributed by atoms with E-state index in [0.29, 0.717) is 0 Å². The van der Waals surface area contributed by atoms with E-state index in [2.05, 4.69) is 34.7 Å². The number of rotatable bonds is 2. The molecule has 0 bridgehead atoms. The highest BCUT2D eigenvalue weighted by Gasteiger charge is 2.14. The number of nitrogens with zero attached hydrogens (tertiary/aromatic N) is 2. The highest BCUT2D eigenvalue weighted by molar-refractivity contribution is 5.84. The quantitative estimate of drug-likeness (QED) is 0.802. The maximum atomic E-state index is 5.83. The molecule has 1 fully saturated rings. The standard InChI is InChI=1S/C14H19N3/c1-16-13(10-17-6-2-3-7-17)9-11-8-12(15)4-5-14(11)16/h4-5,8-9H,2-3,6-7,10,15H2,1H3. The average molecular weight is 229 g/mol. The molecule has 1 aliphatic rings. The van der Waals surface area contributed by atoms with Crippen LogP contribution in [0.2, 0.25) is 0 Å². The molecule has 3 rings (SSSR count). The van der Waals surface area contributed by atoms with Gasteiger partial charge in [-0.25, -0.2) is 0 Å². The summed E-state index contributed by atoms with van der Waals surface area (Å²) in [5.41, 5.74) is 9.32. The van der Waals surface area contributed by atoms with Gasteiger partial charge in [-0.2, -0.15) is 0 Å². The molecular weight excluding hydrogens is 210 g/mol. The first-order valence-corrected chi connectivity index (χ1v) is 6.30. The van der Waals surface area contributed by atoms with Gasteiger partial charge in [0.05, 0.1) is 0 Å². The summed E-state index contributed by atoms with van der Waals surface area (Å²) in [6.45, 7) is 3.54. The minimum absolute atomic E-state index is 0.843. The van der Waals surface area contributed by atoms with E-state index in [1.165, 1.54) is 42.5 Å². The molecule has 0 spiro atoms. The van der Waals surface area contributed by atoms with Crippen molar-refractivity contribution in [3.05, 3.63) is 30.0 Å². The predicted molar refractivity (Wildman–Crippen MR) is 71.8 cm³/mol. The van der Waals surface area contributed by atoms with E-state index < -0.39 is 0 Å². The zero-order valence-electron chi connectivity index (χ0n) is 10.3. The topological polar surface area (TPSA) is 34.2 Å². The van der Waals surface area contributed by atoms with Crippen molar-refractivity contribution in [2.24, 2.45) is 7.05 Å². The number of anilines is 1. The van der Waals surface area contributed by atoms with Crippen LogP contribution >= 0.6 is 0 Å². The average Bonchev–Trinajstić information content (AvgIpc) is 2.89. The molecule has 90 valence electrons. The molecule has 17 heavy (non-hydrogen) atoms. The molecule has 0 saturated carbocycles. The second-order valence-corrected chi connectivity index (χ2v) is 5.00. The molecule has 1 aromatic heterocycles. The number of fused-ring (bicyclic) bond motifs is 1. The largest absolute Gasteiger partial charge is 0.399 e. The Labute approximate surface area is 102 Å². The van der Waals surface area contributed by atoms with E-state index in [9.17, 15) is 0 Å². The Morgan fingerprint density at radius 3 is 2.71 bits per heavy atom. The Morgan fingerprint density at radius 1 is 1.18 bits per heavy atom. The maximum Gasteiger partial charge on any atom is 0.0481 e. The van der Waals surface area contributed by atoms with Gasteiger partial charge in [0.15, 0.2) is 0 Å². The van der Waals surface area contributed by atoms with Crippen LogP contribution in [0.4, 0.5) is 5.69 Å². The van der Waals surface area contributed by atoms with Crippen LogP contribution in [0.3, 0.4) is 0 Å². The second kappa shape index (κ2) is 4.08. The fourth-order valence-corrected chi connectivity index (χ4v) is 2.75. The van der Waals surface area contributed by atoms with Crippen molar-refractivity contribution in [2.75, 3.05) is 18.8 Å². The Balaban J connectivity index is 1.96. The van der Waals surface area contributed by atoms with Gasteiger partial charge in [0.25, 0.3) is 0 Å². The van der Waals surface area contributed by atoms with Crippen molar-refractivity contribution in [2.45, 2.75) is 19.4 Å². The number of hydrogen-bond acceptors (Lipinski definition) is 2. The molecule has 1 saturated heterocycles. The number of nitrogens with two attached hydrogens (primary N) is 1. The SMILES string of the molecule is Cn1c(CN2CCCC2)cc2cc(N)ccc21. The molecule has 0 atom stereocenters. The van der Waals surface area contributed by atoms with Crippen LogP contribution in [0, 0.1) is 0 Å². The van der Waals surface area contributed by atoms with E-state index in [4.69, 9.17) is 5.73 Å². The molecule has 1 aliphatic heterocycles. The molecule has 0 amide bonds. The van der Waals surface area contributed by atoms with Crippen molar-refractivity contribution < 1.29 is 0 Å². The van der Waals surface area contributed by atoms with Gasteiger partial charge in [-0.3, -0.25) is 4.90 Å². The third-order valence-corrected chi connectivity index (χ3v) is 3.75. The molecule has 2 N–H and O–H groups in total. The van der Waals surface area contributed by atoms with E-state index in [1.807, 2.05) is 6.07 Å². The summed E-state index contributed by atoms with van der Waals surface area (Å²) in [5.74, 6) is 0. The molecule has 0 unspecified atom stereocenters. The Morgan fingerprint density at radius 2 is 1.94 bits per heavy atom. The lowest BCUT2D eigenvalue weighted by Gasteiger charge is -2.14. The fraction of sp³-hybridized carbons (Fsp3) is 0.429. The predicted octanol–water partition coefficient (Wildman–Crippen LogP) is 2.36. The molecule has 0 aliphatic carbocycles. The lowest BCUT2D eigenvalue weighted by atomic mass is 10.2. The molecule has 2 heterocycles. The summed E-state index contributed by atoms with van der Waals surface area (Å²) in [6.07, 6.45) is 2.69. The van der Waals surface area contributed by atoms with Crippen LogP contribution in [0.25, 0.3) is 10.9 Å². The third-order valence-electron chi connectivity index (χ3n) is 3.75. The normalized spacial score (nSPS) is 17.0. The second-order valence-electron chi connectivity index (χ2n) is 5.00. The number of nitrogen functional groups attached to an aromatic ring is 1. The van der Waals surface area contributed by atoms with Gasteiger partial charge in [0.2, 0.25) is 0 Å². The number of benzene rings is 1. The summed E-state index contributed by atoms with van der Waals surface area (Å²) in [7, 11) is 2.14. The van der Waals surface area contributed by atoms with Crippen LogP contribution < -0.4 is 5.73 Å². The Hall–Kier alpha value is -1.48. The summed E-state index contributed by atoms with van der Waals surface area (Å²) >= 11 is 0. The van der Waals surface area contributed by atoms with Crippen LogP contribution in [-0.4, -0.2) is 22.6 Å². The first-order valence-electron chi connectivity index (χ1n) is 6.30. The van der Waals surface area contributed by atoms with E-state index in [-0.39, 0.29) is 0 Å². The summed E-state index contributed by atoms with van der Waals surface area (Å²) in [6, 6.07) is 8.41. The first kappa shape index (κ1) is 10.7. The monoisotopic (exact) mass is 229 g/mol. The van der Waals surface area contributed by atoms with Crippen LogP contribution in [0.1, 0.15) is 18.5 Å². The highest BCUT2D eigenvalue weighted by atomic mass is 15.2. The fourth-order valence-electron chi connectivity index (χ4n) is 2.75. The molecular formula is C14H19N3. The first-order chi connectivity index (χ1) is 8.24. The minimum atomic E-state index is 0.843. The van der Waals surface area contributed by atoms with Gasteiger partial charge in [0, 0.05) is 35.9 Å². The van der Waals surface area contributed by atoms with Crippen LogP contribution in [0.15, 0.2) is 24.3 Å². The lowest BCUT2D eigenvalue weighted by Crippen LogP contribution is -2.19. The number of aromatic nitrogens is 1. The Bertz CT molecular complexity index is 536. The van der Waals surface area contributed by atoms with Crippen molar-refractivity contribution >= 4 is 16.6 Å².